The van der Waals surface area contributed by atoms with Crippen LogP contribution in [0.1, 0.15) is 37.9 Å². The maximum Gasteiger partial charge on any atom is 0.199 e. The highest BCUT2D eigenvalue weighted by molar-refractivity contribution is 6.36. The summed E-state index contributed by atoms with van der Waals surface area (Å²) in [6.07, 6.45) is 3.01. The molecule has 0 saturated carbocycles. The van der Waals surface area contributed by atoms with Crippen LogP contribution in [0.4, 0.5) is 0 Å². The van der Waals surface area contributed by atoms with Crippen LogP contribution in [0.25, 0.3) is 11.6 Å². The van der Waals surface area contributed by atoms with Gasteiger partial charge in [0.05, 0.1) is 11.1 Å². The normalized spacial score (nSPS) is 12.5. The zero-order chi connectivity index (χ0) is 15.8. The Morgan fingerprint density at radius 2 is 2.10 bits per heavy atom. The van der Waals surface area contributed by atoms with E-state index in [4.69, 9.17) is 27.6 Å². The van der Waals surface area contributed by atoms with Crippen molar-refractivity contribution in [3.63, 3.8) is 0 Å². The molecule has 0 aliphatic carbocycles. The lowest BCUT2D eigenvalue weighted by molar-refractivity contribution is 0.392. The van der Waals surface area contributed by atoms with Crippen molar-refractivity contribution < 1.29 is 4.42 Å². The molecule has 7 heteroatoms. The third-order valence-electron chi connectivity index (χ3n) is 2.80. The molecule has 0 N–H and O–H groups in total. The van der Waals surface area contributed by atoms with Gasteiger partial charge in [-0.2, -0.15) is 10.4 Å². The number of nitriles is 1. The lowest BCUT2D eigenvalue weighted by atomic mass is 9.97. The molecule has 0 aromatic carbocycles. The fourth-order valence-electron chi connectivity index (χ4n) is 1.66. The second kappa shape index (κ2) is 5.55. The molecular formula is C14H14Cl2N4O. The molecule has 2 aromatic heterocycles. The summed E-state index contributed by atoms with van der Waals surface area (Å²) in [5.74, 6) is 0.557. The van der Waals surface area contributed by atoms with Gasteiger partial charge < -0.3 is 4.42 Å². The Bertz CT molecular complexity index is 744. The van der Waals surface area contributed by atoms with E-state index in [0.29, 0.717) is 27.9 Å². The number of hydrogen-bond acceptors (Lipinski definition) is 4. The fourth-order valence-corrected chi connectivity index (χ4v) is 2.15. The predicted molar refractivity (Wildman–Crippen MR) is 81.9 cm³/mol. The number of aryl methyl sites for hydroxylation is 1. The molecule has 0 spiro atoms. The van der Waals surface area contributed by atoms with Crippen LogP contribution in [0.2, 0.25) is 10.3 Å². The van der Waals surface area contributed by atoms with Crippen molar-refractivity contribution in [3.8, 4) is 6.07 Å². The molecular weight excluding hydrogens is 311 g/mol. The van der Waals surface area contributed by atoms with Gasteiger partial charge in [0.2, 0.25) is 0 Å². The molecule has 2 aromatic rings. The number of allylic oxidation sites excluding steroid dienone is 1. The summed E-state index contributed by atoms with van der Waals surface area (Å²) in [4.78, 5) is 4.34. The molecule has 110 valence electrons. The highest BCUT2D eigenvalue weighted by Crippen LogP contribution is 2.29. The minimum atomic E-state index is -0.234. The lowest BCUT2D eigenvalue weighted by Crippen LogP contribution is -2.11. The molecule has 2 rings (SSSR count). The van der Waals surface area contributed by atoms with Gasteiger partial charge in [-0.1, -0.05) is 44.0 Å². The Morgan fingerprint density at radius 1 is 1.43 bits per heavy atom. The summed E-state index contributed by atoms with van der Waals surface area (Å²) in [7, 11) is 1.67. The first kappa shape index (κ1) is 15.6. The standard InChI is InChI=1S/C14H14Cl2N4O/c1-14(2,3)13-18-10(7-21-13)8(6-17)5-9-11(15)19-20(4)12(9)16/h5,7H,1-4H3/b8-5+. The number of halogens is 2. The summed E-state index contributed by atoms with van der Waals surface area (Å²) in [6.45, 7) is 5.94. The summed E-state index contributed by atoms with van der Waals surface area (Å²) < 4.78 is 6.86. The average Bonchev–Trinajstić information content (AvgIpc) is 2.95. The van der Waals surface area contributed by atoms with E-state index in [9.17, 15) is 5.26 Å². The zero-order valence-electron chi connectivity index (χ0n) is 12.1. The molecule has 0 radical (unpaired) electrons. The molecule has 21 heavy (non-hydrogen) atoms. The predicted octanol–water partition coefficient (Wildman–Crippen LogP) is 4.08. The first-order valence-electron chi connectivity index (χ1n) is 6.20. The highest BCUT2D eigenvalue weighted by atomic mass is 35.5. The van der Waals surface area contributed by atoms with Gasteiger partial charge in [0.15, 0.2) is 11.0 Å². The minimum absolute atomic E-state index is 0.231. The van der Waals surface area contributed by atoms with Gasteiger partial charge in [-0.3, -0.25) is 4.68 Å². The van der Waals surface area contributed by atoms with Gasteiger partial charge in [-0.25, -0.2) is 4.98 Å². The Labute approximate surface area is 132 Å². The Hall–Kier alpha value is -1.77. The smallest absolute Gasteiger partial charge is 0.199 e. The number of oxazole rings is 1. The monoisotopic (exact) mass is 324 g/mol. The van der Waals surface area contributed by atoms with Crippen LogP contribution < -0.4 is 0 Å². The van der Waals surface area contributed by atoms with Gasteiger partial charge in [-0.05, 0) is 6.08 Å². The molecule has 0 amide bonds. The summed E-state index contributed by atoms with van der Waals surface area (Å²) >= 11 is 12.1. The number of hydrogen-bond donors (Lipinski definition) is 0. The van der Waals surface area contributed by atoms with Crippen molar-refractivity contribution in [2.24, 2.45) is 7.05 Å². The van der Waals surface area contributed by atoms with E-state index in [1.807, 2.05) is 20.8 Å². The van der Waals surface area contributed by atoms with E-state index in [-0.39, 0.29) is 10.6 Å². The van der Waals surface area contributed by atoms with Crippen molar-refractivity contribution in [3.05, 3.63) is 33.7 Å². The number of rotatable bonds is 2. The Morgan fingerprint density at radius 3 is 2.52 bits per heavy atom. The van der Waals surface area contributed by atoms with Crippen LogP contribution in [0, 0.1) is 11.3 Å². The van der Waals surface area contributed by atoms with Crippen molar-refractivity contribution >= 4 is 34.9 Å². The maximum absolute atomic E-state index is 9.33. The van der Waals surface area contributed by atoms with E-state index in [0.717, 1.165) is 0 Å². The van der Waals surface area contributed by atoms with Crippen molar-refractivity contribution in [1.82, 2.24) is 14.8 Å². The Balaban J connectivity index is 2.47. The minimum Gasteiger partial charge on any atom is -0.448 e. The molecule has 2 heterocycles. The van der Waals surface area contributed by atoms with Crippen LogP contribution in [-0.4, -0.2) is 14.8 Å². The van der Waals surface area contributed by atoms with E-state index >= 15 is 0 Å². The molecule has 0 aliphatic rings. The SMILES string of the molecule is Cn1nc(Cl)c(/C=C(\C#N)c2coc(C(C)(C)C)n2)c1Cl. The van der Waals surface area contributed by atoms with E-state index in [1.54, 1.807) is 13.1 Å². The molecule has 0 unspecified atom stereocenters. The van der Waals surface area contributed by atoms with Crippen LogP contribution >= 0.6 is 23.2 Å². The van der Waals surface area contributed by atoms with E-state index < -0.39 is 0 Å². The van der Waals surface area contributed by atoms with Crippen LogP contribution in [0.15, 0.2) is 10.7 Å². The second-order valence-corrected chi connectivity index (χ2v) is 6.29. The molecule has 5 nitrogen and oxygen atoms in total. The average molecular weight is 325 g/mol. The first-order chi connectivity index (χ1) is 9.74. The quantitative estimate of drug-likeness (QED) is 0.780. The zero-order valence-corrected chi connectivity index (χ0v) is 13.6. The van der Waals surface area contributed by atoms with Crippen molar-refractivity contribution in [2.45, 2.75) is 26.2 Å². The van der Waals surface area contributed by atoms with Crippen LogP contribution in [-0.2, 0) is 12.5 Å². The fraction of sp³-hybridized carbons (Fsp3) is 0.357. The largest absolute Gasteiger partial charge is 0.448 e. The van der Waals surface area contributed by atoms with Gasteiger partial charge in [-0.15, -0.1) is 0 Å². The third kappa shape index (κ3) is 3.12. The molecule has 0 saturated heterocycles. The van der Waals surface area contributed by atoms with Crippen molar-refractivity contribution in [1.29, 1.82) is 5.26 Å². The van der Waals surface area contributed by atoms with Crippen molar-refractivity contribution in [2.75, 3.05) is 0 Å². The molecule has 0 fully saturated rings. The third-order valence-corrected chi connectivity index (χ3v) is 3.52. The first-order valence-corrected chi connectivity index (χ1v) is 6.95. The van der Waals surface area contributed by atoms with Gasteiger partial charge in [0, 0.05) is 12.5 Å². The summed E-state index contributed by atoms with van der Waals surface area (Å²) in [5, 5.41) is 13.9. The van der Waals surface area contributed by atoms with E-state index in [1.165, 1.54) is 10.9 Å². The molecule has 0 aliphatic heterocycles. The Kier molecular flexibility index (Phi) is 4.13. The highest BCUT2D eigenvalue weighted by Gasteiger charge is 2.22. The maximum atomic E-state index is 9.33. The number of nitrogens with zero attached hydrogens (tertiary/aromatic N) is 4. The molecule has 0 atom stereocenters. The van der Waals surface area contributed by atoms with Gasteiger partial charge in [0.25, 0.3) is 0 Å². The lowest BCUT2D eigenvalue weighted by Gasteiger charge is -2.11. The summed E-state index contributed by atoms with van der Waals surface area (Å²) in [5.41, 5.74) is 1.00. The second-order valence-electron chi connectivity index (χ2n) is 5.58. The number of aromatic nitrogens is 3. The van der Waals surface area contributed by atoms with Crippen LogP contribution in [0.3, 0.4) is 0 Å². The topological polar surface area (TPSA) is 67.6 Å². The van der Waals surface area contributed by atoms with E-state index in [2.05, 4.69) is 16.2 Å². The van der Waals surface area contributed by atoms with Gasteiger partial charge in [0.1, 0.15) is 23.2 Å². The van der Waals surface area contributed by atoms with Crippen LogP contribution in [0.5, 0.6) is 0 Å². The van der Waals surface area contributed by atoms with Gasteiger partial charge >= 0.3 is 0 Å². The summed E-state index contributed by atoms with van der Waals surface area (Å²) in [6, 6.07) is 2.08. The molecule has 0 bridgehead atoms.